The fraction of sp³-hybridized carbons (Fsp3) is 0.250. The number of aromatic amines is 1. The van der Waals surface area contributed by atoms with E-state index >= 15 is 0 Å². The lowest BCUT2D eigenvalue weighted by atomic mass is 10.1. The zero-order chi connectivity index (χ0) is 16.0. The third kappa shape index (κ3) is 2.07. The van der Waals surface area contributed by atoms with Gasteiger partial charge in [0.05, 0.1) is 22.3 Å². The molecule has 0 saturated carbocycles. The summed E-state index contributed by atoms with van der Waals surface area (Å²) in [6.07, 6.45) is 0. The molecule has 1 aromatic carbocycles. The molecule has 0 radical (unpaired) electrons. The number of pyridine rings is 1. The van der Waals surface area contributed by atoms with E-state index < -0.39 is 0 Å². The van der Waals surface area contributed by atoms with Gasteiger partial charge in [0, 0.05) is 0 Å². The zero-order valence-electron chi connectivity index (χ0n) is 12.5. The molecular formula is C16H16FN3O2. The molecule has 2 heterocycles. The Kier molecular flexibility index (Phi) is 3.24. The van der Waals surface area contributed by atoms with Crippen molar-refractivity contribution < 1.29 is 9.50 Å². The summed E-state index contributed by atoms with van der Waals surface area (Å²) in [6, 6.07) is 5.79. The van der Waals surface area contributed by atoms with Gasteiger partial charge < -0.3 is 10.1 Å². The van der Waals surface area contributed by atoms with E-state index in [-0.39, 0.29) is 28.6 Å². The molecule has 2 aromatic heterocycles. The Bertz CT molecular complexity index is 908. The number of rotatable bonds is 2. The van der Waals surface area contributed by atoms with Crippen molar-refractivity contribution in [3.05, 3.63) is 51.7 Å². The highest BCUT2D eigenvalue weighted by molar-refractivity contribution is 5.87. The fourth-order valence-corrected chi connectivity index (χ4v) is 2.45. The molecule has 0 amide bonds. The van der Waals surface area contributed by atoms with Crippen LogP contribution in [0.15, 0.2) is 29.1 Å². The number of benzene rings is 1. The number of aromatic hydroxyl groups is 1. The number of hydrogen-bond acceptors (Lipinski definition) is 3. The topological polar surface area (TPSA) is 70.9 Å². The van der Waals surface area contributed by atoms with Crippen LogP contribution >= 0.6 is 0 Å². The van der Waals surface area contributed by atoms with Gasteiger partial charge in [-0.05, 0) is 37.1 Å². The minimum Gasteiger partial charge on any atom is -0.507 e. The first-order valence-corrected chi connectivity index (χ1v) is 7.00. The summed E-state index contributed by atoms with van der Waals surface area (Å²) in [6.45, 7) is 5.47. The van der Waals surface area contributed by atoms with E-state index in [9.17, 15) is 14.3 Å². The highest BCUT2D eigenvalue weighted by Gasteiger charge is 2.21. The molecule has 0 spiro atoms. The van der Waals surface area contributed by atoms with Crippen LogP contribution in [0.5, 0.6) is 5.75 Å². The molecule has 0 fully saturated rings. The first kappa shape index (κ1) is 14.3. The molecule has 6 heteroatoms. The molecule has 0 aliphatic carbocycles. The van der Waals surface area contributed by atoms with Gasteiger partial charge in [0.2, 0.25) is 0 Å². The van der Waals surface area contributed by atoms with Gasteiger partial charge in [-0.2, -0.15) is 5.10 Å². The SMILES string of the molecule is Cc1c(O)c2c(C(C)C)nn(-c3ccc(F)cc3)c2[nH]c1=O. The molecule has 0 bridgehead atoms. The van der Waals surface area contributed by atoms with E-state index in [1.807, 2.05) is 13.8 Å². The number of halogens is 1. The molecule has 0 saturated heterocycles. The lowest BCUT2D eigenvalue weighted by molar-refractivity contribution is 0.475. The van der Waals surface area contributed by atoms with Crippen LogP contribution in [-0.2, 0) is 0 Å². The fourth-order valence-electron chi connectivity index (χ4n) is 2.45. The normalized spacial score (nSPS) is 11.5. The number of nitrogens with one attached hydrogen (secondary N) is 1. The predicted octanol–water partition coefficient (Wildman–Crippen LogP) is 2.99. The third-order valence-corrected chi connectivity index (χ3v) is 3.70. The molecule has 2 N–H and O–H groups in total. The largest absolute Gasteiger partial charge is 0.507 e. The van der Waals surface area contributed by atoms with Gasteiger partial charge in [0.25, 0.3) is 5.56 Å². The van der Waals surface area contributed by atoms with Gasteiger partial charge in [0.1, 0.15) is 17.2 Å². The van der Waals surface area contributed by atoms with Crippen LogP contribution in [0.4, 0.5) is 4.39 Å². The Morgan fingerprint density at radius 1 is 1.27 bits per heavy atom. The first-order valence-electron chi connectivity index (χ1n) is 7.00. The molecule has 3 rings (SSSR count). The van der Waals surface area contributed by atoms with E-state index in [1.54, 1.807) is 19.1 Å². The minimum atomic E-state index is -0.372. The highest BCUT2D eigenvalue weighted by Crippen LogP contribution is 2.32. The van der Waals surface area contributed by atoms with Crippen molar-refractivity contribution in [3.63, 3.8) is 0 Å². The van der Waals surface area contributed by atoms with Crippen LogP contribution in [0.3, 0.4) is 0 Å². The Morgan fingerprint density at radius 2 is 1.91 bits per heavy atom. The molecule has 0 aliphatic rings. The maximum Gasteiger partial charge on any atom is 0.256 e. The summed E-state index contributed by atoms with van der Waals surface area (Å²) in [7, 11) is 0. The number of hydrogen-bond donors (Lipinski definition) is 2. The standard InChI is InChI=1S/C16H16FN3O2/c1-8(2)13-12-14(21)9(3)16(22)18-15(12)20(19-13)11-6-4-10(17)5-7-11/h4-8H,1-3H3,(H2,18,21,22). The van der Waals surface area contributed by atoms with Gasteiger partial charge in [-0.25, -0.2) is 9.07 Å². The Labute approximate surface area is 126 Å². The molecule has 5 nitrogen and oxygen atoms in total. The monoisotopic (exact) mass is 301 g/mol. The van der Waals surface area contributed by atoms with E-state index in [4.69, 9.17) is 0 Å². The summed E-state index contributed by atoms with van der Waals surface area (Å²) >= 11 is 0. The van der Waals surface area contributed by atoms with E-state index in [1.165, 1.54) is 16.8 Å². The van der Waals surface area contributed by atoms with E-state index in [0.29, 0.717) is 22.4 Å². The first-order chi connectivity index (χ1) is 10.4. The summed E-state index contributed by atoms with van der Waals surface area (Å²) in [5, 5.41) is 15.4. The van der Waals surface area contributed by atoms with Crippen LogP contribution in [0, 0.1) is 12.7 Å². The van der Waals surface area contributed by atoms with Gasteiger partial charge in [-0.1, -0.05) is 13.8 Å². The third-order valence-electron chi connectivity index (χ3n) is 3.70. The van der Waals surface area contributed by atoms with Gasteiger partial charge in [0.15, 0.2) is 0 Å². The second kappa shape index (κ2) is 4.98. The van der Waals surface area contributed by atoms with Crippen LogP contribution in [0.25, 0.3) is 16.7 Å². The summed E-state index contributed by atoms with van der Waals surface area (Å²) in [4.78, 5) is 14.7. The molecule has 0 atom stereocenters. The van der Waals surface area contributed by atoms with Crippen molar-refractivity contribution >= 4 is 11.0 Å². The average Bonchev–Trinajstić information content (AvgIpc) is 2.85. The van der Waals surface area contributed by atoms with Gasteiger partial charge in [-0.15, -0.1) is 0 Å². The van der Waals surface area contributed by atoms with Crippen LogP contribution in [-0.4, -0.2) is 19.9 Å². The van der Waals surface area contributed by atoms with Crippen molar-refractivity contribution in [2.45, 2.75) is 26.7 Å². The lowest BCUT2D eigenvalue weighted by Gasteiger charge is -2.04. The molecule has 0 aliphatic heterocycles. The van der Waals surface area contributed by atoms with E-state index in [0.717, 1.165) is 0 Å². The highest BCUT2D eigenvalue weighted by atomic mass is 19.1. The molecule has 114 valence electrons. The molecule has 3 aromatic rings. The number of nitrogens with zero attached hydrogens (tertiary/aromatic N) is 2. The van der Waals surface area contributed by atoms with Crippen LogP contribution < -0.4 is 5.56 Å². The lowest BCUT2D eigenvalue weighted by Crippen LogP contribution is -2.11. The van der Waals surface area contributed by atoms with Crippen molar-refractivity contribution in [3.8, 4) is 11.4 Å². The Hall–Kier alpha value is -2.63. The van der Waals surface area contributed by atoms with Crippen molar-refractivity contribution in [2.24, 2.45) is 0 Å². The Balaban J connectivity index is 2.41. The smallest absolute Gasteiger partial charge is 0.256 e. The van der Waals surface area contributed by atoms with Crippen LogP contribution in [0.2, 0.25) is 0 Å². The molecular weight excluding hydrogens is 285 g/mol. The van der Waals surface area contributed by atoms with Gasteiger partial charge in [-0.3, -0.25) is 4.79 Å². The average molecular weight is 301 g/mol. The maximum absolute atomic E-state index is 13.1. The maximum atomic E-state index is 13.1. The predicted molar refractivity (Wildman–Crippen MR) is 82.1 cm³/mol. The van der Waals surface area contributed by atoms with E-state index in [2.05, 4.69) is 10.1 Å². The second-order valence-electron chi connectivity index (χ2n) is 5.58. The summed E-state index contributed by atoms with van der Waals surface area (Å²) in [5.41, 5.74) is 1.58. The molecule has 0 unspecified atom stereocenters. The number of fused-ring (bicyclic) bond motifs is 1. The zero-order valence-corrected chi connectivity index (χ0v) is 12.5. The van der Waals surface area contributed by atoms with Crippen molar-refractivity contribution in [1.29, 1.82) is 0 Å². The molecule has 22 heavy (non-hydrogen) atoms. The Morgan fingerprint density at radius 3 is 2.50 bits per heavy atom. The second-order valence-corrected chi connectivity index (χ2v) is 5.58. The summed E-state index contributed by atoms with van der Waals surface area (Å²) < 4.78 is 14.6. The number of H-pyrrole nitrogens is 1. The summed E-state index contributed by atoms with van der Waals surface area (Å²) in [5.74, 6) is -0.354. The number of aromatic nitrogens is 3. The van der Waals surface area contributed by atoms with Crippen molar-refractivity contribution in [2.75, 3.05) is 0 Å². The van der Waals surface area contributed by atoms with Gasteiger partial charge >= 0.3 is 0 Å². The van der Waals surface area contributed by atoms with Crippen LogP contribution in [0.1, 0.15) is 31.0 Å². The quantitative estimate of drug-likeness (QED) is 0.764. The minimum absolute atomic E-state index is 0.0559. The van der Waals surface area contributed by atoms with Crippen molar-refractivity contribution in [1.82, 2.24) is 14.8 Å².